The highest BCUT2D eigenvalue weighted by Gasteiger charge is 2.53. The number of nitrogens with one attached hydrogen (secondary N) is 3. The first-order valence-electron chi connectivity index (χ1n) is 15.1. The van der Waals surface area contributed by atoms with Crippen LogP contribution in [-0.4, -0.2) is 50.9 Å². The van der Waals surface area contributed by atoms with Crippen LogP contribution in [-0.2, 0) is 11.2 Å². The lowest BCUT2D eigenvalue weighted by Crippen LogP contribution is -2.62. The maximum Gasteiger partial charge on any atom is 0.332 e. The molecule has 226 valence electrons. The number of piperidine rings is 1. The average Bonchev–Trinajstić information content (AvgIpc) is 3.45. The number of aromatic nitrogens is 1. The van der Waals surface area contributed by atoms with Gasteiger partial charge in [0.2, 0.25) is 0 Å². The normalized spacial score (nSPS) is 22.7. The number of hydrogen-bond acceptors (Lipinski definition) is 4. The van der Waals surface area contributed by atoms with Gasteiger partial charge in [-0.15, -0.1) is 0 Å². The summed E-state index contributed by atoms with van der Waals surface area (Å²) in [6, 6.07) is 18.7. The van der Waals surface area contributed by atoms with Crippen molar-refractivity contribution in [1.29, 1.82) is 0 Å². The van der Waals surface area contributed by atoms with Crippen LogP contribution in [0.15, 0.2) is 72.8 Å². The molecule has 0 spiro atoms. The molecule has 3 aliphatic rings. The predicted octanol–water partition coefficient (Wildman–Crippen LogP) is 5.83. The number of anilines is 1. The van der Waals surface area contributed by atoms with Crippen molar-refractivity contribution in [3.8, 4) is 0 Å². The van der Waals surface area contributed by atoms with Crippen LogP contribution >= 0.6 is 0 Å². The zero-order valence-corrected chi connectivity index (χ0v) is 25.3. The topological polar surface area (TPSA) is 97.5 Å². The summed E-state index contributed by atoms with van der Waals surface area (Å²) in [4.78, 5) is 48.6. The fraction of sp³-hybridized carbons (Fsp3) is 0.343. The number of carbonyl (C=O) groups excluding carboxylic acids is 3. The van der Waals surface area contributed by atoms with Crippen molar-refractivity contribution in [2.45, 2.75) is 76.2 Å². The predicted molar refractivity (Wildman–Crippen MR) is 167 cm³/mol. The second-order valence-electron chi connectivity index (χ2n) is 13.6. The van der Waals surface area contributed by atoms with Gasteiger partial charge in [0, 0.05) is 40.1 Å². The molecular formula is C35H36FN5O3. The summed E-state index contributed by atoms with van der Waals surface area (Å²) in [6.07, 6.45) is 1.81. The third kappa shape index (κ3) is 4.66. The smallest absolute Gasteiger partial charge is 0.332 e. The van der Waals surface area contributed by atoms with Gasteiger partial charge in [-0.2, -0.15) is 0 Å². The number of rotatable bonds is 4. The van der Waals surface area contributed by atoms with E-state index in [-0.39, 0.29) is 46.0 Å². The van der Waals surface area contributed by atoms with Crippen LogP contribution in [0.3, 0.4) is 0 Å². The summed E-state index contributed by atoms with van der Waals surface area (Å²) in [5.74, 6) is -1.10. The number of hydrogen-bond donors (Lipinski definition) is 3. The Balaban J connectivity index is 1.27. The number of urea groups is 1. The van der Waals surface area contributed by atoms with Crippen LogP contribution in [0.5, 0.6) is 0 Å². The zero-order chi connectivity index (χ0) is 31.0. The van der Waals surface area contributed by atoms with E-state index in [1.165, 1.54) is 12.1 Å². The number of nitrogens with zero attached hydrogens (tertiary/aromatic N) is 2. The molecule has 0 aliphatic carbocycles. The highest BCUT2D eigenvalue weighted by atomic mass is 19.1. The molecule has 7 rings (SSSR count). The van der Waals surface area contributed by atoms with Gasteiger partial charge in [-0.3, -0.25) is 14.5 Å². The molecular weight excluding hydrogens is 557 g/mol. The monoisotopic (exact) mass is 593 g/mol. The Kier molecular flexibility index (Phi) is 6.44. The Labute approximate surface area is 255 Å². The first kappa shape index (κ1) is 28.3. The van der Waals surface area contributed by atoms with Crippen LogP contribution < -0.4 is 15.5 Å². The molecule has 44 heavy (non-hydrogen) atoms. The average molecular weight is 594 g/mol. The van der Waals surface area contributed by atoms with Gasteiger partial charge in [-0.05, 0) is 82.0 Å². The molecule has 2 atom stereocenters. The van der Waals surface area contributed by atoms with Crippen molar-refractivity contribution in [2.75, 3.05) is 4.90 Å². The molecule has 0 radical (unpaired) electrons. The Bertz CT molecular complexity index is 1790. The molecule has 4 amide bonds. The molecule has 0 saturated carbocycles. The molecule has 1 aromatic heterocycles. The minimum absolute atomic E-state index is 0.0840. The molecule has 3 aliphatic heterocycles. The van der Waals surface area contributed by atoms with Crippen molar-refractivity contribution < 1.29 is 18.8 Å². The SMILES string of the molecule is CC1(C)CC(NC(=O)c2ccccc2N2C(=O)[C@@H]3Cc4c([nH]c5ccccc45)[C@@H](c4ccc(F)cc4)N3C2=O)CC(C)(C)N1. The maximum absolute atomic E-state index is 14.4. The van der Waals surface area contributed by atoms with Gasteiger partial charge < -0.3 is 15.6 Å². The van der Waals surface area contributed by atoms with Crippen LogP contribution in [0, 0.1) is 5.82 Å². The van der Waals surface area contributed by atoms with Gasteiger partial charge in [-0.1, -0.05) is 42.5 Å². The lowest BCUT2D eigenvalue weighted by molar-refractivity contribution is -0.120. The van der Waals surface area contributed by atoms with E-state index < -0.39 is 18.1 Å². The van der Waals surface area contributed by atoms with Crippen molar-refractivity contribution in [1.82, 2.24) is 20.5 Å². The highest BCUT2D eigenvalue weighted by Crippen LogP contribution is 2.45. The fourth-order valence-electron chi connectivity index (χ4n) is 7.84. The molecule has 9 heteroatoms. The largest absolute Gasteiger partial charge is 0.356 e. The number of fused-ring (bicyclic) bond motifs is 4. The summed E-state index contributed by atoms with van der Waals surface area (Å²) in [6.45, 7) is 8.48. The van der Waals surface area contributed by atoms with Gasteiger partial charge in [0.1, 0.15) is 17.9 Å². The number of benzene rings is 3. The number of carbonyl (C=O) groups is 3. The number of halogens is 1. The number of para-hydroxylation sites is 2. The second kappa shape index (κ2) is 10.0. The lowest BCUT2D eigenvalue weighted by Gasteiger charge is -2.46. The third-order valence-corrected chi connectivity index (χ3v) is 9.15. The number of imide groups is 1. The summed E-state index contributed by atoms with van der Waals surface area (Å²) in [7, 11) is 0. The van der Waals surface area contributed by atoms with Crippen molar-refractivity contribution >= 4 is 34.4 Å². The number of H-pyrrole nitrogens is 1. The van der Waals surface area contributed by atoms with Gasteiger partial charge in [0.05, 0.1) is 11.3 Å². The summed E-state index contributed by atoms with van der Waals surface area (Å²) >= 11 is 0. The van der Waals surface area contributed by atoms with Crippen LogP contribution in [0.1, 0.15) is 73.8 Å². The van der Waals surface area contributed by atoms with Gasteiger partial charge in [-0.25, -0.2) is 14.1 Å². The Morgan fingerprint density at radius 2 is 1.57 bits per heavy atom. The molecule has 2 fully saturated rings. The molecule has 4 aromatic rings. The first-order valence-corrected chi connectivity index (χ1v) is 15.1. The molecule has 8 nitrogen and oxygen atoms in total. The van der Waals surface area contributed by atoms with Crippen LogP contribution in [0.2, 0.25) is 0 Å². The quantitative estimate of drug-likeness (QED) is 0.260. The lowest BCUT2D eigenvalue weighted by atomic mass is 9.79. The van der Waals surface area contributed by atoms with E-state index in [2.05, 4.69) is 43.3 Å². The molecule has 4 heterocycles. The van der Waals surface area contributed by atoms with Crippen molar-refractivity contribution in [3.05, 3.63) is 101 Å². The Morgan fingerprint density at radius 3 is 2.30 bits per heavy atom. The van der Waals surface area contributed by atoms with E-state index in [0.717, 1.165) is 39.9 Å². The second-order valence-corrected chi connectivity index (χ2v) is 13.6. The minimum atomic E-state index is -0.786. The molecule has 0 unspecified atom stereocenters. The van der Waals surface area contributed by atoms with Crippen LogP contribution in [0.4, 0.5) is 14.9 Å². The van der Waals surface area contributed by atoms with E-state index in [0.29, 0.717) is 12.0 Å². The van der Waals surface area contributed by atoms with E-state index >= 15 is 0 Å². The highest BCUT2D eigenvalue weighted by molar-refractivity contribution is 6.24. The maximum atomic E-state index is 14.4. The fourth-order valence-corrected chi connectivity index (χ4v) is 7.84. The zero-order valence-electron chi connectivity index (χ0n) is 25.3. The van der Waals surface area contributed by atoms with E-state index in [1.54, 1.807) is 41.3 Å². The van der Waals surface area contributed by atoms with Gasteiger partial charge >= 0.3 is 6.03 Å². The number of amides is 4. The van der Waals surface area contributed by atoms with Gasteiger partial charge in [0.15, 0.2) is 0 Å². The number of aromatic amines is 1. The van der Waals surface area contributed by atoms with Crippen molar-refractivity contribution in [3.63, 3.8) is 0 Å². The summed E-state index contributed by atoms with van der Waals surface area (Å²) in [5.41, 5.74) is 3.55. The summed E-state index contributed by atoms with van der Waals surface area (Å²) < 4.78 is 14.0. The molecule has 3 N–H and O–H groups in total. The molecule has 3 aromatic carbocycles. The molecule has 2 saturated heterocycles. The summed E-state index contributed by atoms with van der Waals surface area (Å²) in [5, 5.41) is 7.81. The Morgan fingerprint density at radius 1 is 0.909 bits per heavy atom. The van der Waals surface area contributed by atoms with E-state index in [9.17, 15) is 18.8 Å². The van der Waals surface area contributed by atoms with E-state index in [1.807, 2.05) is 24.3 Å². The van der Waals surface area contributed by atoms with Gasteiger partial charge in [0.25, 0.3) is 11.8 Å². The van der Waals surface area contributed by atoms with E-state index in [4.69, 9.17) is 0 Å². The standard InChI is InChI=1S/C35H36FN5O3/c1-34(2)18-22(19-35(3,4)39-34)37-31(42)24-10-6-8-12-27(24)41-32(43)28-17-25-23-9-5-7-11-26(23)38-29(25)30(40(28)33(41)44)20-13-15-21(36)16-14-20/h5-16,22,28,30,38-39H,17-19H2,1-4H3,(H,37,42)/t28-,30+/m0/s1. The molecule has 0 bridgehead atoms. The van der Waals surface area contributed by atoms with Crippen LogP contribution in [0.25, 0.3) is 10.9 Å². The third-order valence-electron chi connectivity index (χ3n) is 9.15. The first-order chi connectivity index (χ1) is 20.9. The van der Waals surface area contributed by atoms with Crippen molar-refractivity contribution in [2.24, 2.45) is 0 Å². The Hall–Kier alpha value is -4.50. The minimum Gasteiger partial charge on any atom is -0.356 e.